The van der Waals surface area contributed by atoms with E-state index in [0.29, 0.717) is 16.2 Å². The smallest absolute Gasteiger partial charge is 0.345 e. The van der Waals surface area contributed by atoms with Gasteiger partial charge in [-0.2, -0.15) is 5.10 Å². The maximum Gasteiger partial charge on any atom is 0.345 e. The fourth-order valence-corrected chi connectivity index (χ4v) is 3.08. The van der Waals surface area contributed by atoms with Crippen molar-refractivity contribution in [3.8, 4) is 5.69 Å². The highest BCUT2D eigenvalue weighted by atomic mass is 35.5. The summed E-state index contributed by atoms with van der Waals surface area (Å²) in [6, 6.07) is 5.93. The van der Waals surface area contributed by atoms with Gasteiger partial charge < -0.3 is 5.11 Å². The minimum atomic E-state index is -0.987. The molecule has 0 saturated carbocycles. The molecule has 0 fully saturated rings. The third-order valence-electron chi connectivity index (χ3n) is 2.90. The highest BCUT2D eigenvalue weighted by Gasteiger charge is 2.17. The Hall–Kier alpha value is -1.92. The highest BCUT2D eigenvalue weighted by Crippen LogP contribution is 2.31. The van der Waals surface area contributed by atoms with Crippen LogP contribution < -0.4 is 0 Å². The highest BCUT2D eigenvalue weighted by molar-refractivity contribution is 7.20. The van der Waals surface area contributed by atoms with Crippen LogP contribution >= 0.6 is 22.9 Å². The quantitative estimate of drug-likeness (QED) is 0.781. The Balaban J connectivity index is 2.24. The number of nitrogens with zero attached hydrogens (tertiary/aromatic N) is 2. The lowest BCUT2D eigenvalue weighted by atomic mass is 10.3. The molecule has 2 aromatic heterocycles. The number of aryl methyl sites for hydroxylation is 1. The van der Waals surface area contributed by atoms with Gasteiger partial charge in [-0.25, -0.2) is 13.9 Å². The Bertz CT molecular complexity index is 840. The molecule has 2 heterocycles. The van der Waals surface area contributed by atoms with Gasteiger partial charge in [0.1, 0.15) is 15.5 Å². The molecular formula is C13H8ClFN2O2S. The largest absolute Gasteiger partial charge is 0.477 e. The zero-order valence-corrected chi connectivity index (χ0v) is 11.8. The van der Waals surface area contributed by atoms with Crippen LogP contribution in [0.3, 0.4) is 0 Å². The third kappa shape index (κ3) is 1.97. The molecular weight excluding hydrogens is 303 g/mol. The first-order chi connectivity index (χ1) is 9.47. The van der Waals surface area contributed by atoms with E-state index in [1.165, 1.54) is 16.8 Å². The van der Waals surface area contributed by atoms with Gasteiger partial charge in [-0.1, -0.05) is 11.6 Å². The topological polar surface area (TPSA) is 55.1 Å². The first-order valence-corrected chi connectivity index (χ1v) is 6.84. The van der Waals surface area contributed by atoms with Gasteiger partial charge in [-0.3, -0.25) is 0 Å². The molecule has 0 aliphatic rings. The summed E-state index contributed by atoms with van der Waals surface area (Å²) in [5.41, 5.74) is 1.20. The fourth-order valence-electron chi connectivity index (χ4n) is 1.94. The summed E-state index contributed by atoms with van der Waals surface area (Å²) in [4.78, 5) is 11.9. The minimum absolute atomic E-state index is 0.0336. The van der Waals surface area contributed by atoms with E-state index in [4.69, 9.17) is 16.7 Å². The van der Waals surface area contributed by atoms with Gasteiger partial charge in [-0.05, 0) is 25.1 Å². The van der Waals surface area contributed by atoms with Crippen molar-refractivity contribution in [1.82, 2.24) is 9.78 Å². The number of hydrogen-bond acceptors (Lipinski definition) is 3. The van der Waals surface area contributed by atoms with Gasteiger partial charge in [-0.15, -0.1) is 11.3 Å². The average molecular weight is 311 g/mol. The number of fused-ring (bicyclic) bond motifs is 1. The van der Waals surface area contributed by atoms with Gasteiger partial charge in [0.15, 0.2) is 0 Å². The van der Waals surface area contributed by atoms with E-state index in [0.717, 1.165) is 16.7 Å². The fraction of sp³-hybridized carbons (Fsp3) is 0.0769. The molecule has 3 aromatic rings. The number of carboxylic acids is 1. The van der Waals surface area contributed by atoms with Crippen LogP contribution in [-0.4, -0.2) is 20.9 Å². The predicted molar refractivity (Wildman–Crippen MR) is 75.6 cm³/mol. The van der Waals surface area contributed by atoms with Gasteiger partial charge >= 0.3 is 5.97 Å². The summed E-state index contributed by atoms with van der Waals surface area (Å²) < 4.78 is 15.1. The first-order valence-electron chi connectivity index (χ1n) is 5.65. The van der Waals surface area contributed by atoms with Gasteiger partial charge in [0.05, 0.1) is 16.4 Å². The molecule has 0 radical (unpaired) electrons. The first kappa shape index (κ1) is 13.1. The number of carbonyl (C=O) groups is 1. The van der Waals surface area contributed by atoms with E-state index >= 15 is 0 Å². The number of aromatic nitrogens is 2. The van der Waals surface area contributed by atoms with Gasteiger partial charge in [0, 0.05) is 11.5 Å². The molecule has 7 heteroatoms. The van der Waals surface area contributed by atoms with Crippen LogP contribution in [0.2, 0.25) is 5.02 Å². The summed E-state index contributed by atoms with van der Waals surface area (Å²) in [7, 11) is 0. The van der Waals surface area contributed by atoms with Crippen molar-refractivity contribution in [2.75, 3.05) is 0 Å². The second-order valence-electron chi connectivity index (χ2n) is 4.23. The number of aromatic carboxylic acids is 1. The molecule has 0 atom stereocenters. The normalized spacial score (nSPS) is 11.2. The Morgan fingerprint density at radius 1 is 1.45 bits per heavy atom. The van der Waals surface area contributed by atoms with E-state index in [1.807, 2.05) is 0 Å². The second-order valence-corrected chi connectivity index (χ2v) is 5.67. The van der Waals surface area contributed by atoms with E-state index in [1.54, 1.807) is 19.1 Å². The molecule has 3 rings (SSSR count). The average Bonchev–Trinajstić information content (AvgIpc) is 2.94. The number of carboxylic acid groups (broad SMARTS) is 1. The monoisotopic (exact) mass is 310 g/mol. The van der Waals surface area contributed by atoms with E-state index in [-0.39, 0.29) is 9.90 Å². The van der Waals surface area contributed by atoms with Gasteiger partial charge in [0.25, 0.3) is 0 Å². The van der Waals surface area contributed by atoms with Gasteiger partial charge in [0.2, 0.25) is 0 Å². The van der Waals surface area contributed by atoms with Crippen LogP contribution in [0, 0.1) is 12.7 Å². The number of hydrogen-bond donors (Lipinski definition) is 1. The lowest BCUT2D eigenvalue weighted by molar-refractivity contribution is 0.0702. The van der Waals surface area contributed by atoms with Crippen molar-refractivity contribution in [2.45, 2.75) is 6.92 Å². The number of halogens is 2. The van der Waals surface area contributed by atoms with E-state index in [2.05, 4.69) is 5.10 Å². The van der Waals surface area contributed by atoms with Crippen molar-refractivity contribution >= 4 is 39.1 Å². The summed E-state index contributed by atoms with van der Waals surface area (Å²) in [6.45, 7) is 1.78. The summed E-state index contributed by atoms with van der Waals surface area (Å²) in [5, 5.41) is 14.1. The van der Waals surface area contributed by atoms with E-state index < -0.39 is 11.8 Å². The van der Waals surface area contributed by atoms with Crippen molar-refractivity contribution in [3.05, 3.63) is 45.7 Å². The summed E-state index contributed by atoms with van der Waals surface area (Å²) in [5.74, 6) is -1.53. The lowest BCUT2D eigenvalue weighted by Crippen LogP contribution is -1.97. The molecule has 0 aliphatic carbocycles. The summed E-state index contributed by atoms with van der Waals surface area (Å²) >= 11 is 6.76. The molecule has 0 saturated heterocycles. The van der Waals surface area contributed by atoms with E-state index in [9.17, 15) is 9.18 Å². The molecule has 20 heavy (non-hydrogen) atoms. The molecule has 0 bridgehead atoms. The number of benzene rings is 1. The lowest BCUT2D eigenvalue weighted by Gasteiger charge is -2.03. The Kier molecular flexibility index (Phi) is 2.99. The molecule has 0 amide bonds. The molecule has 0 unspecified atom stereocenters. The second kappa shape index (κ2) is 4.57. The molecule has 1 aromatic carbocycles. The molecule has 102 valence electrons. The van der Waals surface area contributed by atoms with Crippen LogP contribution in [-0.2, 0) is 0 Å². The van der Waals surface area contributed by atoms with Crippen molar-refractivity contribution in [2.24, 2.45) is 0 Å². The van der Waals surface area contributed by atoms with Crippen LogP contribution in [0.15, 0.2) is 24.3 Å². The van der Waals surface area contributed by atoms with Crippen molar-refractivity contribution in [3.63, 3.8) is 0 Å². The maximum atomic E-state index is 13.5. The molecule has 1 N–H and O–H groups in total. The van der Waals surface area contributed by atoms with Crippen LogP contribution in [0.1, 0.15) is 15.4 Å². The molecule has 0 aliphatic heterocycles. The zero-order chi connectivity index (χ0) is 14.4. The SMILES string of the molecule is Cc1nn(-c2ccc(Cl)c(F)c2)c2sc(C(=O)O)cc12. The van der Waals surface area contributed by atoms with Crippen LogP contribution in [0.5, 0.6) is 0 Å². The third-order valence-corrected chi connectivity index (χ3v) is 4.31. The standard InChI is InChI=1S/C13H8ClFN2O2S/c1-6-8-5-11(13(18)19)20-12(8)17(16-6)7-2-3-9(14)10(15)4-7/h2-5H,1H3,(H,18,19). The van der Waals surface area contributed by atoms with Crippen LogP contribution in [0.4, 0.5) is 4.39 Å². The minimum Gasteiger partial charge on any atom is -0.477 e. The number of thiophene rings is 1. The van der Waals surface area contributed by atoms with Crippen LogP contribution in [0.25, 0.3) is 15.9 Å². The Morgan fingerprint density at radius 3 is 2.85 bits per heavy atom. The van der Waals surface area contributed by atoms with Crippen molar-refractivity contribution < 1.29 is 14.3 Å². The Morgan fingerprint density at radius 2 is 2.20 bits per heavy atom. The zero-order valence-electron chi connectivity index (χ0n) is 10.2. The summed E-state index contributed by atoms with van der Waals surface area (Å²) in [6.07, 6.45) is 0. The predicted octanol–water partition coefficient (Wildman–Crippen LogP) is 3.89. The van der Waals surface area contributed by atoms with Crippen molar-refractivity contribution in [1.29, 1.82) is 0 Å². The Labute approximate surface area is 122 Å². The number of rotatable bonds is 2. The molecule has 0 spiro atoms. The molecule has 4 nitrogen and oxygen atoms in total. The maximum absolute atomic E-state index is 13.5.